The monoisotopic (exact) mass is 272 g/mol. The minimum absolute atomic E-state index is 0.297. The average molecular weight is 272 g/mol. The summed E-state index contributed by atoms with van der Waals surface area (Å²) >= 11 is 0. The van der Waals surface area contributed by atoms with E-state index in [4.69, 9.17) is 0 Å². The molecule has 0 atom stereocenters. The second-order valence-corrected chi connectivity index (χ2v) is 5.16. The molecule has 1 saturated heterocycles. The molecule has 0 saturated carbocycles. The van der Waals surface area contributed by atoms with Crippen molar-refractivity contribution in [3.63, 3.8) is 0 Å². The molecule has 1 radical (unpaired) electrons. The lowest BCUT2D eigenvalue weighted by Gasteiger charge is -2.30. The lowest BCUT2D eigenvalue weighted by Crippen LogP contribution is -2.37. The molecule has 0 unspecified atom stereocenters. The molecular formula is C15H19BNO3. The van der Waals surface area contributed by atoms with Crippen LogP contribution in [0.15, 0.2) is 24.3 Å². The van der Waals surface area contributed by atoms with Crippen molar-refractivity contribution in [2.45, 2.75) is 19.3 Å². The van der Waals surface area contributed by atoms with E-state index in [0.717, 1.165) is 38.5 Å². The van der Waals surface area contributed by atoms with Crippen molar-refractivity contribution in [1.82, 2.24) is 4.81 Å². The first-order valence-corrected chi connectivity index (χ1v) is 6.93. The van der Waals surface area contributed by atoms with Gasteiger partial charge in [0, 0.05) is 0 Å². The molecule has 0 amide bonds. The van der Waals surface area contributed by atoms with E-state index < -0.39 is 0 Å². The number of carbonyl (C=O) groups excluding carboxylic acids is 2. The summed E-state index contributed by atoms with van der Waals surface area (Å²) in [7, 11) is 3.02. The summed E-state index contributed by atoms with van der Waals surface area (Å²) in [5.41, 5.74) is 1.84. The van der Waals surface area contributed by atoms with Crippen LogP contribution >= 0.6 is 0 Å². The third kappa shape index (κ3) is 3.94. The van der Waals surface area contributed by atoms with E-state index in [1.54, 1.807) is 7.41 Å². The van der Waals surface area contributed by atoms with E-state index in [-0.39, 0.29) is 5.97 Å². The second kappa shape index (κ2) is 7.24. The van der Waals surface area contributed by atoms with Gasteiger partial charge in [0.15, 0.2) is 0 Å². The van der Waals surface area contributed by atoms with Gasteiger partial charge in [0.05, 0.1) is 18.9 Å². The van der Waals surface area contributed by atoms with E-state index in [9.17, 15) is 9.59 Å². The predicted molar refractivity (Wildman–Crippen MR) is 78.3 cm³/mol. The van der Waals surface area contributed by atoms with Gasteiger partial charge in [0.1, 0.15) is 0 Å². The molecule has 1 aromatic carbocycles. The smallest absolute Gasteiger partial charge is 0.337 e. The third-order valence-corrected chi connectivity index (χ3v) is 3.82. The Kier molecular flexibility index (Phi) is 5.36. The zero-order valence-corrected chi connectivity index (χ0v) is 11.7. The topological polar surface area (TPSA) is 46.6 Å². The van der Waals surface area contributed by atoms with Gasteiger partial charge in [-0.15, -0.1) is 0 Å². The largest absolute Gasteiger partial charge is 0.465 e. The summed E-state index contributed by atoms with van der Waals surface area (Å²) < 4.78 is 4.68. The summed E-state index contributed by atoms with van der Waals surface area (Å²) in [6.07, 6.45) is 4.08. The Morgan fingerprint density at radius 1 is 1.35 bits per heavy atom. The zero-order valence-electron chi connectivity index (χ0n) is 11.7. The molecular weight excluding hydrogens is 253 g/mol. The number of benzene rings is 1. The SMILES string of the molecule is COC(=O)c1ccc(CC2CCN([B]C=O)CC2)cc1. The van der Waals surface area contributed by atoms with Crippen LogP contribution in [-0.4, -0.2) is 44.6 Å². The first kappa shape index (κ1) is 14.8. The van der Waals surface area contributed by atoms with Crippen molar-refractivity contribution in [3.05, 3.63) is 35.4 Å². The molecule has 1 aliphatic heterocycles. The molecule has 1 fully saturated rings. The highest BCUT2D eigenvalue weighted by atomic mass is 16.5. The number of rotatable bonds is 5. The summed E-state index contributed by atoms with van der Waals surface area (Å²) in [6, 6.07) is 7.62. The van der Waals surface area contributed by atoms with Crippen molar-refractivity contribution in [2.24, 2.45) is 5.92 Å². The number of ether oxygens (including phenoxy) is 1. The Hall–Kier alpha value is -1.62. The van der Waals surface area contributed by atoms with Gasteiger partial charge in [0.2, 0.25) is 0 Å². The molecule has 0 spiro atoms. The van der Waals surface area contributed by atoms with Crippen LogP contribution in [0.3, 0.4) is 0 Å². The Labute approximate surface area is 120 Å². The molecule has 20 heavy (non-hydrogen) atoms. The van der Waals surface area contributed by atoms with Crippen molar-refractivity contribution < 1.29 is 14.3 Å². The fraction of sp³-hybridized carbons (Fsp3) is 0.467. The maximum Gasteiger partial charge on any atom is 0.337 e. The molecule has 1 heterocycles. The minimum atomic E-state index is -0.297. The van der Waals surface area contributed by atoms with Gasteiger partial charge in [-0.3, -0.25) is 0 Å². The van der Waals surface area contributed by atoms with Crippen LogP contribution in [0.2, 0.25) is 0 Å². The number of hydrogen-bond donors (Lipinski definition) is 0. The Morgan fingerprint density at radius 3 is 2.55 bits per heavy atom. The number of hydrogen-bond acceptors (Lipinski definition) is 4. The van der Waals surface area contributed by atoms with Gasteiger partial charge in [-0.1, -0.05) is 12.1 Å². The lowest BCUT2D eigenvalue weighted by molar-refractivity contribution is 0.0600. The highest BCUT2D eigenvalue weighted by molar-refractivity contribution is 6.64. The molecule has 0 N–H and O–H groups in total. The molecule has 0 aliphatic carbocycles. The van der Waals surface area contributed by atoms with Gasteiger partial charge in [-0.2, -0.15) is 0 Å². The molecule has 5 heteroatoms. The lowest BCUT2D eigenvalue weighted by atomic mass is 9.84. The van der Waals surface area contributed by atoms with Crippen molar-refractivity contribution >= 4 is 19.6 Å². The van der Waals surface area contributed by atoms with Crippen LogP contribution in [-0.2, 0) is 16.0 Å². The standard InChI is InChI=1S/C15H19BNO3/c1-20-15(19)14-4-2-12(3-5-14)10-13-6-8-17(9-7-13)16-11-18/h2-5,11,13H,6-10H2,1H3. The number of methoxy groups -OCH3 is 1. The van der Waals surface area contributed by atoms with Crippen molar-refractivity contribution in [3.8, 4) is 0 Å². The summed E-state index contributed by atoms with van der Waals surface area (Å²) in [6.45, 7) is 1.90. The Balaban J connectivity index is 1.85. The Morgan fingerprint density at radius 2 is 2.00 bits per heavy atom. The zero-order chi connectivity index (χ0) is 14.4. The normalized spacial score (nSPS) is 16.6. The van der Waals surface area contributed by atoms with Crippen LogP contribution in [0.4, 0.5) is 0 Å². The van der Waals surface area contributed by atoms with E-state index in [1.807, 2.05) is 24.3 Å². The number of piperidine rings is 1. The van der Waals surface area contributed by atoms with E-state index in [1.165, 1.54) is 12.7 Å². The van der Waals surface area contributed by atoms with E-state index >= 15 is 0 Å². The first-order valence-electron chi connectivity index (χ1n) is 6.93. The van der Waals surface area contributed by atoms with Crippen molar-refractivity contribution in [1.29, 1.82) is 0 Å². The first-order chi connectivity index (χ1) is 9.72. The molecule has 4 nitrogen and oxygen atoms in total. The molecule has 0 aromatic heterocycles. The Bertz CT molecular complexity index is 453. The van der Waals surface area contributed by atoms with Gasteiger partial charge in [-0.25, -0.2) is 4.79 Å². The van der Waals surface area contributed by atoms with Gasteiger partial charge in [-0.05, 0) is 56.0 Å². The third-order valence-electron chi connectivity index (χ3n) is 3.82. The van der Waals surface area contributed by atoms with E-state index in [0.29, 0.717) is 11.5 Å². The van der Waals surface area contributed by atoms with Crippen LogP contribution in [0.5, 0.6) is 0 Å². The summed E-state index contributed by atoms with van der Waals surface area (Å²) in [5, 5.41) is 0. The summed E-state index contributed by atoms with van der Waals surface area (Å²) in [4.78, 5) is 23.8. The fourth-order valence-corrected chi connectivity index (χ4v) is 2.62. The van der Waals surface area contributed by atoms with E-state index in [2.05, 4.69) is 9.55 Å². The van der Waals surface area contributed by atoms with Crippen molar-refractivity contribution in [2.75, 3.05) is 20.2 Å². The molecule has 2 rings (SSSR count). The van der Waals surface area contributed by atoms with Crippen LogP contribution in [0.25, 0.3) is 0 Å². The van der Waals surface area contributed by atoms with Gasteiger partial charge >= 0.3 is 5.97 Å². The maximum atomic E-state index is 11.4. The molecule has 1 aliphatic rings. The predicted octanol–water partition coefficient (Wildman–Crippen LogP) is 1.54. The number of carbonyl (C=O) groups is 2. The average Bonchev–Trinajstić information content (AvgIpc) is 2.49. The fourth-order valence-electron chi connectivity index (χ4n) is 2.62. The van der Waals surface area contributed by atoms with Gasteiger partial charge in [0.25, 0.3) is 7.41 Å². The number of esters is 1. The number of nitrogens with zero attached hydrogens (tertiary/aromatic N) is 1. The quantitative estimate of drug-likeness (QED) is 0.463. The maximum absolute atomic E-state index is 11.4. The molecule has 105 valence electrons. The minimum Gasteiger partial charge on any atom is -0.465 e. The van der Waals surface area contributed by atoms with Gasteiger partial charge < -0.3 is 14.3 Å². The second-order valence-electron chi connectivity index (χ2n) is 5.16. The van der Waals surface area contributed by atoms with Crippen LogP contribution in [0, 0.1) is 5.92 Å². The summed E-state index contributed by atoms with van der Waals surface area (Å²) in [5.74, 6) is 0.351. The highest BCUT2D eigenvalue weighted by Gasteiger charge is 2.19. The van der Waals surface area contributed by atoms with Crippen LogP contribution in [0.1, 0.15) is 28.8 Å². The highest BCUT2D eigenvalue weighted by Crippen LogP contribution is 2.21. The van der Waals surface area contributed by atoms with Crippen LogP contribution < -0.4 is 0 Å². The molecule has 0 bridgehead atoms. The molecule has 1 aromatic rings.